The number of carbonyl (C=O) groups is 1. The standard InChI is InChI=1S/C29H34N6O/c30-16-21-11-13-24(14-12-21)29(36)34-26(28-31-17-27(33-28)23-9-5-2-6-10-23)15-25-19-35(20-32-25)18-22-7-3-1-4-8-22/h1-10,17,19-21,24,26H,11-16,18,30H2,(H,31,33)(H,34,36). The van der Waals surface area contributed by atoms with Crippen molar-refractivity contribution in [1.29, 1.82) is 0 Å². The van der Waals surface area contributed by atoms with Gasteiger partial charge in [-0.15, -0.1) is 0 Å². The molecule has 1 amide bonds. The summed E-state index contributed by atoms with van der Waals surface area (Å²) in [5, 5.41) is 3.29. The Labute approximate surface area is 212 Å². The van der Waals surface area contributed by atoms with Crippen molar-refractivity contribution in [2.75, 3.05) is 6.54 Å². The lowest BCUT2D eigenvalue weighted by Gasteiger charge is -2.28. The third-order valence-electron chi connectivity index (χ3n) is 7.17. The molecule has 7 nitrogen and oxygen atoms in total. The van der Waals surface area contributed by atoms with E-state index in [4.69, 9.17) is 10.7 Å². The molecule has 0 aliphatic heterocycles. The van der Waals surface area contributed by atoms with Crippen LogP contribution in [-0.2, 0) is 17.8 Å². The molecule has 4 aromatic rings. The average Bonchev–Trinajstić information content (AvgIpc) is 3.59. The Morgan fingerprint density at radius 2 is 1.78 bits per heavy atom. The first-order valence-electron chi connectivity index (χ1n) is 12.8. The molecule has 1 atom stereocenters. The van der Waals surface area contributed by atoms with Crippen molar-refractivity contribution < 1.29 is 4.79 Å². The second-order valence-corrected chi connectivity index (χ2v) is 9.78. The van der Waals surface area contributed by atoms with E-state index < -0.39 is 0 Å². The van der Waals surface area contributed by atoms with E-state index >= 15 is 0 Å². The van der Waals surface area contributed by atoms with Crippen LogP contribution in [0.3, 0.4) is 0 Å². The molecule has 0 bridgehead atoms. The van der Waals surface area contributed by atoms with Crippen LogP contribution in [0, 0.1) is 11.8 Å². The zero-order valence-corrected chi connectivity index (χ0v) is 20.5. The highest BCUT2D eigenvalue weighted by molar-refractivity contribution is 5.79. The maximum atomic E-state index is 13.3. The number of nitrogens with two attached hydrogens (primary N) is 1. The predicted octanol–water partition coefficient (Wildman–Crippen LogP) is 4.49. The first kappa shape index (κ1) is 24.0. The van der Waals surface area contributed by atoms with Crippen molar-refractivity contribution in [2.24, 2.45) is 17.6 Å². The first-order chi connectivity index (χ1) is 17.7. The number of imidazole rings is 2. The van der Waals surface area contributed by atoms with Gasteiger partial charge in [0.1, 0.15) is 5.82 Å². The second kappa shape index (κ2) is 11.4. The first-order valence-corrected chi connectivity index (χ1v) is 12.8. The molecule has 1 fully saturated rings. The number of amides is 1. The highest BCUT2D eigenvalue weighted by Crippen LogP contribution is 2.29. The Hall–Kier alpha value is -3.71. The summed E-state index contributed by atoms with van der Waals surface area (Å²) in [7, 11) is 0. The van der Waals surface area contributed by atoms with Crippen LogP contribution in [0.15, 0.2) is 79.4 Å². The van der Waals surface area contributed by atoms with Crippen molar-refractivity contribution in [2.45, 2.75) is 44.7 Å². The number of carbonyl (C=O) groups excluding carboxylic acids is 1. The van der Waals surface area contributed by atoms with E-state index in [0.717, 1.165) is 55.0 Å². The van der Waals surface area contributed by atoms with Crippen LogP contribution in [0.2, 0.25) is 0 Å². The summed E-state index contributed by atoms with van der Waals surface area (Å²) in [6.07, 6.45) is 10.2. The van der Waals surface area contributed by atoms with Crippen LogP contribution in [0.1, 0.15) is 48.8 Å². The monoisotopic (exact) mass is 482 g/mol. The molecule has 2 aromatic heterocycles. The largest absolute Gasteiger partial charge is 0.346 e. The van der Waals surface area contributed by atoms with Gasteiger partial charge in [-0.2, -0.15) is 0 Å². The highest BCUT2D eigenvalue weighted by atomic mass is 16.2. The number of nitrogens with zero attached hydrogens (tertiary/aromatic N) is 3. The van der Waals surface area contributed by atoms with Crippen molar-refractivity contribution in [1.82, 2.24) is 24.8 Å². The molecule has 2 heterocycles. The minimum Gasteiger partial charge on any atom is -0.346 e. The smallest absolute Gasteiger partial charge is 0.223 e. The van der Waals surface area contributed by atoms with Crippen molar-refractivity contribution >= 4 is 5.91 Å². The lowest BCUT2D eigenvalue weighted by Crippen LogP contribution is -2.37. The van der Waals surface area contributed by atoms with E-state index in [1.165, 1.54) is 5.56 Å². The van der Waals surface area contributed by atoms with E-state index in [2.05, 4.69) is 38.2 Å². The third kappa shape index (κ3) is 5.91. The molecule has 1 unspecified atom stereocenters. The molecule has 0 saturated heterocycles. The summed E-state index contributed by atoms with van der Waals surface area (Å²) >= 11 is 0. The van der Waals surface area contributed by atoms with Gasteiger partial charge in [-0.05, 0) is 43.7 Å². The zero-order valence-electron chi connectivity index (χ0n) is 20.5. The Bertz CT molecular complexity index is 1240. The predicted molar refractivity (Wildman–Crippen MR) is 141 cm³/mol. The molecule has 36 heavy (non-hydrogen) atoms. The Morgan fingerprint density at radius 3 is 2.50 bits per heavy atom. The number of hydrogen-bond donors (Lipinski definition) is 3. The maximum absolute atomic E-state index is 13.3. The van der Waals surface area contributed by atoms with E-state index in [-0.39, 0.29) is 17.9 Å². The highest BCUT2D eigenvalue weighted by Gasteiger charge is 2.28. The van der Waals surface area contributed by atoms with Gasteiger partial charge in [0.15, 0.2) is 0 Å². The summed E-state index contributed by atoms with van der Waals surface area (Å²) in [5.74, 6) is 1.40. The van der Waals surface area contributed by atoms with Crippen LogP contribution in [-0.4, -0.2) is 32.0 Å². The van der Waals surface area contributed by atoms with Crippen LogP contribution >= 0.6 is 0 Å². The fourth-order valence-electron chi connectivity index (χ4n) is 5.04. The normalized spacial score (nSPS) is 18.6. The summed E-state index contributed by atoms with van der Waals surface area (Å²) in [6, 6.07) is 20.1. The molecule has 0 radical (unpaired) electrons. The number of hydrogen-bond acceptors (Lipinski definition) is 4. The number of aromatic amines is 1. The number of benzene rings is 2. The maximum Gasteiger partial charge on any atom is 0.223 e. The van der Waals surface area contributed by atoms with E-state index in [1.54, 1.807) is 0 Å². The SMILES string of the molecule is NCC1CCC(C(=O)NC(Cc2cn(Cc3ccccc3)cn2)c2nc(-c3ccccc3)c[nH]2)CC1. The molecule has 0 spiro atoms. The van der Waals surface area contributed by atoms with Crippen LogP contribution in [0.4, 0.5) is 0 Å². The minimum absolute atomic E-state index is 0.0227. The number of aromatic nitrogens is 4. The van der Waals surface area contributed by atoms with E-state index in [0.29, 0.717) is 18.9 Å². The lowest BCUT2D eigenvalue weighted by atomic mass is 9.81. The second-order valence-electron chi connectivity index (χ2n) is 9.78. The summed E-state index contributed by atoms with van der Waals surface area (Å²) in [6.45, 7) is 1.46. The van der Waals surface area contributed by atoms with Crippen LogP contribution in [0.25, 0.3) is 11.3 Å². The molecule has 7 heteroatoms. The van der Waals surface area contributed by atoms with Gasteiger partial charge in [0.25, 0.3) is 0 Å². The van der Waals surface area contributed by atoms with Crippen LogP contribution < -0.4 is 11.1 Å². The Kier molecular flexibility index (Phi) is 7.57. The molecule has 5 rings (SSSR count). The van der Waals surface area contributed by atoms with Gasteiger partial charge in [0.05, 0.1) is 23.8 Å². The molecular formula is C29H34N6O. The Balaban J connectivity index is 1.33. The van der Waals surface area contributed by atoms with Gasteiger partial charge >= 0.3 is 0 Å². The van der Waals surface area contributed by atoms with E-state index in [1.807, 2.05) is 61.1 Å². The molecule has 2 aromatic carbocycles. The lowest BCUT2D eigenvalue weighted by molar-refractivity contribution is -0.127. The van der Waals surface area contributed by atoms with Gasteiger partial charge < -0.3 is 20.6 Å². The third-order valence-corrected chi connectivity index (χ3v) is 7.17. The molecule has 4 N–H and O–H groups in total. The zero-order chi connectivity index (χ0) is 24.7. The molecular weight excluding hydrogens is 448 g/mol. The fourth-order valence-corrected chi connectivity index (χ4v) is 5.04. The van der Waals surface area contributed by atoms with Gasteiger partial charge in [-0.1, -0.05) is 60.7 Å². The average molecular weight is 483 g/mol. The van der Waals surface area contributed by atoms with Gasteiger partial charge in [0, 0.05) is 36.8 Å². The quantitative estimate of drug-likeness (QED) is 0.327. The molecule has 1 aliphatic carbocycles. The van der Waals surface area contributed by atoms with Crippen molar-refractivity contribution in [3.8, 4) is 11.3 Å². The number of rotatable bonds is 9. The molecule has 186 valence electrons. The summed E-state index contributed by atoms with van der Waals surface area (Å²) in [5.41, 5.74) is 9.89. The van der Waals surface area contributed by atoms with E-state index in [9.17, 15) is 4.79 Å². The fraction of sp³-hybridized carbons (Fsp3) is 0.345. The summed E-state index contributed by atoms with van der Waals surface area (Å²) < 4.78 is 2.08. The topological polar surface area (TPSA) is 102 Å². The van der Waals surface area contributed by atoms with Crippen molar-refractivity contribution in [3.63, 3.8) is 0 Å². The Morgan fingerprint density at radius 1 is 1.06 bits per heavy atom. The van der Waals surface area contributed by atoms with Gasteiger partial charge in [0.2, 0.25) is 5.91 Å². The van der Waals surface area contributed by atoms with Gasteiger partial charge in [-0.25, -0.2) is 9.97 Å². The van der Waals surface area contributed by atoms with Crippen LogP contribution in [0.5, 0.6) is 0 Å². The number of nitrogens with one attached hydrogen (secondary N) is 2. The number of H-pyrrole nitrogens is 1. The van der Waals surface area contributed by atoms with Gasteiger partial charge in [-0.3, -0.25) is 4.79 Å². The molecule has 1 aliphatic rings. The summed E-state index contributed by atoms with van der Waals surface area (Å²) in [4.78, 5) is 26.1. The van der Waals surface area contributed by atoms with Crippen molar-refractivity contribution in [3.05, 3.63) is 96.5 Å². The molecule has 1 saturated carbocycles. The minimum atomic E-state index is -0.290.